The van der Waals surface area contributed by atoms with Crippen LogP contribution >= 0.6 is 0 Å². The Labute approximate surface area is 203 Å². The summed E-state index contributed by atoms with van der Waals surface area (Å²) in [5, 5.41) is 31.9. The minimum absolute atomic E-state index is 0. The van der Waals surface area contributed by atoms with Gasteiger partial charge in [0.25, 0.3) is 0 Å². The molecular formula is C22H32O5Sr. The number of carbonyl (C=O) groups excluding carboxylic acids is 2. The van der Waals surface area contributed by atoms with E-state index in [1.807, 2.05) is 13.0 Å². The summed E-state index contributed by atoms with van der Waals surface area (Å²) < 4.78 is 0. The zero-order valence-corrected chi connectivity index (χ0v) is 16.3. The fourth-order valence-corrected chi connectivity index (χ4v) is 7.34. The molecule has 0 bridgehead atoms. The van der Waals surface area contributed by atoms with Crippen molar-refractivity contribution in [3.8, 4) is 0 Å². The fraction of sp³-hybridized carbons (Fsp3) is 0.727. The first-order valence-electron chi connectivity index (χ1n) is 10.1. The van der Waals surface area contributed by atoms with Crippen molar-refractivity contribution in [2.45, 2.75) is 58.2 Å². The van der Waals surface area contributed by atoms with E-state index in [2.05, 4.69) is 13.8 Å². The molecule has 4 aliphatic rings. The van der Waals surface area contributed by atoms with E-state index < -0.39 is 29.5 Å². The number of hydrogen-bond acceptors (Lipinski definition) is 5. The Morgan fingerprint density at radius 2 is 2.00 bits per heavy atom. The van der Waals surface area contributed by atoms with Crippen LogP contribution in [0.1, 0.15) is 46.5 Å². The first-order valence-corrected chi connectivity index (χ1v) is 10.1. The van der Waals surface area contributed by atoms with Crippen LogP contribution in [0.15, 0.2) is 23.8 Å². The van der Waals surface area contributed by atoms with Crippen LogP contribution in [-0.2, 0) is 9.59 Å². The van der Waals surface area contributed by atoms with Gasteiger partial charge in [-0.15, -0.1) is 0 Å². The average Bonchev–Trinajstić information content (AvgIpc) is 2.87. The summed E-state index contributed by atoms with van der Waals surface area (Å²) in [4.78, 5) is 24.4. The van der Waals surface area contributed by atoms with Crippen molar-refractivity contribution < 1.29 is 24.9 Å². The molecule has 0 heterocycles. The van der Waals surface area contributed by atoms with Crippen LogP contribution in [-0.4, -0.2) is 90.7 Å². The molecule has 152 valence electrons. The van der Waals surface area contributed by atoms with E-state index in [4.69, 9.17) is 0 Å². The maximum absolute atomic E-state index is 12.4. The van der Waals surface area contributed by atoms with Crippen LogP contribution in [0.4, 0.5) is 0 Å². The Morgan fingerprint density at radius 1 is 1.32 bits per heavy atom. The number of ketones is 2. The molecule has 0 aromatic carbocycles. The normalized spacial score (nSPS) is 49.4. The number of aliphatic hydroxyl groups is 3. The zero-order valence-electron chi connectivity index (χ0n) is 16.3. The average molecular weight is 464 g/mol. The van der Waals surface area contributed by atoms with E-state index in [1.165, 1.54) is 0 Å². The summed E-state index contributed by atoms with van der Waals surface area (Å²) >= 11 is 0. The molecule has 3 fully saturated rings. The van der Waals surface area contributed by atoms with Crippen molar-refractivity contribution in [2.75, 3.05) is 6.61 Å². The molecule has 4 aliphatic carbocycles. The Morgan fingerprint density at radius 3 is 2.64 bits per heavy atom. The predicted molar refractivity (Wildman–Crippen MR) is 108 cm³/mol. The van der Waals surface area contributed by atoms with Crippen molar-refractivity contribution in [1.82, 2.24) is 0 Å². The molecule has 4 rings (SSSR count). The minimum atomic E-state index is -1.57. The Kier molecular flexibility index (Phi) is 6.04. The molecule has 0 radical (unpaired) electrons. The van der Waals surface area contributed by atoms with Crippen molar-refractivity contribution in [2.24, 2.45) is 34.5 Å². The van der Waals surface area contributed by atoms with Crippen LogP contribution in [0.2, 0.25) is 0 Å². The summed E-state index contributed by atoms with van der Waals surface area (Å²) in [6.45, 7) is 5.48. The molecule has 0 saturated heterocycles. The molecule has 0 aliphatic heterocycles. The molecule has 28 heavy (non-hydrogen) atoms. The van der Waals surface area contributed by atoms with Crippen molar-refractivity contribution in [3.63, 3.8) is 0 Å². The SMILES string of the molecule is C[C@H]1C[C@@H]2[C@H]([C@@H](O)C[C@@]3(C)[C@H]2CC[C@]3(O)C(=O)CO)[C@@]2(C)C=CC(=O)C=C12.[SrH2]. The van der Waals surface area contributed by atoms with Gasteiger partial charge in [0.1, 0.15) is 12.2 Å². The Bertz CT molecular complexity index is 760. The first-order chi connectivity index (χ1) is 12.6. The third-order valence-corrected chi connectivity index (χ3v) is 8.57. The molecule has 0 unspecified atom stereocenters. The van der Waals surface area contributed by atoms with Gasteiger partial charge in [-0.2, -0.15) is 0 Å². The quantitative estimate of drug-likeness (QED) is 0.528. The molecule has 0 amide bonds. The molecular weight excluding hydrogens is 432 g/mol. The number of allylic oxidation sites excluding steroid dienone is 4. The summed E-state index contributed by atoms with van der Waals surface area (Å²) in [6, 6.07) is 0. The summed E-state index contributed by atoms with van der Waals surface area (Å²) in [7, 11) is 0. The van der Waals surface area contributed by atoms with Crippen molar-refractivity contribution in [1.29, 1.82) is 0 Å². The Balaban J connectivity index is 0.00000225. The number of aliphatic hydroxyl groups excluding tert-OH is 2. The van der Waals surface area contributed by atoms with E-state index in [0.29, 0.717) is 12.8 Å². The monoisotopic (exact) mass is 464 g/mol. The van der Waals surface area contributed by atoms with E-state index in [1.54, 1.807) is 12.2 Å². The summed E-state index contributed by atoms with van der Waals surface area (Å²) in [6.07, 6.45) is 6.87. The second-order valence-corrected chi connectivity index (χ2v) is 9.72. The molecule has 0 aromatic heterocycles. The van der Waals surface area contributed by atoms with Crippen LogP contribution < -0.4 is 0 Å². The molecule has 5 nitrogen and oxygen atoms in total. The summed E-state index contributed by atoms with van der Waals surface area (Å²) in [5.41, 5.74) is -1.59. The topological polar surface area (TPSA) is 94.8 Å². The number of carbonyl (C=O) groups is 2. The number of rotatable bonds is 2. The van der Waals surface area contributed by atoms with Crippen molar-refractivity contribution in [3.05, 3.63) is 23.8 Å². The van der Waals surface area contributed by atoms with Crippen LogP contribution in [0, 0.1) is 34.5 Å². The van der Waals surface area contributed by atoms with Gasteiger partial charge in [0, 0.05) is 16.7 Å². The third-order valence-electron chi connectivity index (χ3n) is 8.57. The molecule has 0 aromatic rings. The van der Waals surface area contributed by atoms with Crippen LogP contribution in [0.25, 0.3) is 0 Å². The number of Topliss-reactive ketones (excluding diaryl/α,β-unsaturated/α-hetero) is 1. The van der Waals surface area contributed by atoms with Gasteiger partial charge in [0.15, 0.2) is 11.6 Å². The number of hydrogen-bond donors (Lipinski definition) is 3. The van der Waals surface area contributed by atoms with Gasteiger partial charge in [0.2, 0.25) is 0 Å². The predicted octanol–water partition coefficient (Wildman–Crippen LogP) is 0.887. The fourth-order valence-electron chi connectivity index (χ4n) is 7.34. The van der Waals surface area contributed by atoms with Gasteiger partial charge in [-0.25, -0.2) is 0 Å². The van der Waals surface area contributed by atoms with E-state index in [0.717, 1.165) is 18.4 Å². The second kappa shape index (κ2) is 7.40. The van der Waals surface area contributed by atoms with Gasteiger partial charge in [-0.05, 0) is 55.6 Å². The molecule has 8 atom stereocenters. The second-order valence-electron chi connectivity index (χ2n) is 9.72. The van der Waals surface area contributed by atoms with E-state index in [9.17, 15) is 24.9 Å². The molecule has 0 spiro atoms. The van der Waals surface area contributed by atoms with Crippen LogP contribution in [0.5, 0.6) is 0 Å². The number of fused-ring (bicyclic) bond motifs is 5. The standard InChI is InChI=1S/C22H30O5.Sr.2H/c1-12-8-14-15-5-7-22(27,18(26)11-23)21(15,3)10-17(25)19(14)20(2)6-4-13(24)9-16(12)20;;;/h4,6,9,12,14-15,17,19,23,25,27H,5,7-8,10-11H2,1-3H3;;;/t12-,14-,15-,17-,19+,20-,21-,22-;;;/m0.../s1. The Hall–Kier alpha value is 0.181. The zero-order chi connectivity index (χ0) is 19.8. The maximum atomic E-state index is 12.4. The molecule has 6 heteroatoms. The van der Waals surface area contributed by atoms with Crippen LogP contribution in [0.3, 0.4) is 0 Å². The van der Waals surface area contributed by atoms with Gasteiger partial charge >= 0.3 is 45.5 Å². The van der Waals surface area contributed by atoms with Gasteiger partial charge in [-0.3, -0.25) is 9.59 Å². The van der Waals surface area contributed by atoms with Gasteiger partial charge in [0.05, 0.1) is 6.10 Å². The van der Waals surface area contributed by atoms with Gasteiger partial charge in [-0.1, -0.05) is 32.4 Å². The van der Waals surface area contributed by atoms with Crippen molar-refractivity contribution >= 4 is 57.0 Å². The van der Waals surface area contributed by atoms with E-state index >= 15 is 0 Å². The third kappa shape index (κ3) is 2.86. The molecule has 3 saturated carbocycles. The summed E-state index contributed by atoms with van der Waals surface area (Å²) in [5.74, 6) is -0.0768. The van der Waals surface area contributed by atoms with Gasteiger partial charge < -0.3 is 15.3 Å². The molecule has 3 N–H and O–H groups in total. The first kappa shape index (κ1) is 22.9. The van der Waals surface area contributed by atoms with E-state index in [-0.39, 0.29) is 80.4 Å².